The average Bonchev–Trinajstić information content (AvgIpc) is 2.66. The van der Waals surface area contributed by atoms with Gasteiger partial charge in [-0.2, -0.15) is 0 Å². The van der Waals surface area contributed by atoms with E-state index in [1.807, 2.05) is 51.1 Å². The van der Waals surface area contributed by atoms with Crippen molar-refractivity contribution in [3.8, 4) is 5.75 Å². The van der Waals surface area contributed by atoms with E-state index in [0.717, 1.165) is 5.56 Å². The van der Waals surface area contributed by atoms with E-state index >= 15 is 0 Å². The molecule has 5 nitrogen and oxygen atoms in total. The first kappa shape index (κ1) is 24.2. The van der Waals surface area contributed by atoms with Gasteiger partial charge in [0.05, 0.1) is 4.47 Å². The lowest BCUT2D eigenvalue weighted by Crippen LogP contribution is -2.53. The highest BCUT2D eigenvalue weighted by Crippen LogP contribution is 2.28. The van der Waals surface area contributed by atoms with Crippen LogP contribution in [0.2, 0.25) is 5.02 Å². The molecule has 162 valence electrons. The Balaban J connectivity index is 2.11. The zero-order valence-corrected chi connectivity index (χ0v) is 20.1. The largest absolute Gasteiger partial charge is 0.483 e. The lowest BCUT2D eigenvalue weighted by Gasteiger charge is -2.31. The van der Waals surface area contributed by atoms with Gasteiger partial charge in [-0.15, -0.1) is 0 Å². The number of hydrogen-bond donors (Lipinski definition) is 1. The summed E-state index contributed by atoms with van der Waals surface area (Å²) < 4.78 is 6.35. The molecule has 0 heterocycles. The Hall–Kier alpha value is -2.05. The van der Waals surface area contributed by atoms with E-state index in [4.69, 9.17) is 16.3 Å². The Morgan fingerprint density at radius 3 is 2.43 bits per heavy atom. The van der Waals surface area contributed by atoms with Crippen LogP contribution in [0, 0.1) is 0 Å². The van der Waals surface area contributed by atoms with Crippen molar-refractivity contribution in [1.82, 2.24) is 10.2 Å². The first-order chi connectivity index (χ1) is 14.1. The summed E-state index contributed by atoms with van der Waals surface area (Å²) in [6.07, 6.45) is 0.643. The van der Waals surface area contributed by atoms with Gasteiger partial charge in [-0.25, -0.2) is 0 Å². The van der Waals surface area contributed by atoms with Crippen molar-refractivity contribution in [3.05, 3.63) is 63.6 Å². The van der Waals surface area contributed by atoms with E-state index in [9.17, 15) is 9.59 Å². The van der Waals surface area contributed by atoms with Gasteiger partial charge in [-0.3, -0.25) is 9.59 Å². The van der Waals surface area contributed by atoms with Crippen LogP contribution in [0.25, 0.3) is 0 Å². The van der Waals surface area contributed by atoms with Crippen molar-refractivity contribution in [2.24, 2.45) is 0 Å². The summed E-state index contributed by atoms with van der Waals surface area (Å²) in [5.41, 5.74) is 0.713. The summed E-state index contributed by atoms with van der Waals surface area (Å²) >= 11 is 9.34. The maximum Gasteiger partial charge on any atom is 0.261 e. The lowest BCUT2D eigenvalue weighted by atomic mass is 10.1. The normalized spacial score (nSPS) is 12.2. The highest BCUT2D eigenvalue weighted by molar-refractivity contribution is 9.10. The van der Waals surface area contributed by atoms with Crippen LogP contribution in [0.4, 0.5) is 0 Å². The number of carbonyl (C=O) groups is 2. The molecule has 0 saturated carbocycles. The fraction of sp³-hybridized carbons (Fsp3) is 0.391. The summed E-state index contributed by atoms with van der Waals surface area (Å²) in [7, 11) is 0. The SMILES string of the molecule is CC(C(=O)NC(C)(C)C)N(CCc1ccccc1)C(=O)COc1ccc(Cl)cc1Br. The molecule has 0 aliphatic heterocycles. The predicted molar refractivity (Wildman–Crippen MR) is 124 cm³/mol. The quantitative estimate of drug-likeness (QED) is 0.569. The second-order valence-electron chi connectivity index (χ2n) is 8.10. The Labute approximate surface area is 191 Å². The molecule has 2 rings (SSSR count). The molecule has 0 fully saturated rings. The number of ether oxygens (including phenoxy) is 1. The molecule has 1 atom stereocenters. The molecule has 30 heavy (non-hydrogen) atoms. The van der Waals surface area contributed by atoms with Gasteiger partial charge < -0.3 is 15.0 Å². The molecule has 1 N–H and O–H groups in total. The van der Waals surface area contributed by atoms with Crippen LogP contribution in [0.1, 0.15) is 33.3 Å². The minimum atomic E-state index is -0.627. The van der Waals surface area contributed by atoms with Crippen molar-refractivity contribution in [3.63, 3.8) is 0 Å². The van der Waals surface area contributed by atoms with Crippen LogP contribution in [0.3, 0.4) is 0 Å². The number of benzene rings is 2. The molecule has 0 spiro atoms. The number of hydrogen-bond acceptors (Lipinski definition) is 3. The summed E-state index contributed by atoms with van der Waals surface area (Å²) in [5, 5.41) is 3.51. The molecule has 1 unspecified atom stereocenters. The smallest absolute Gasteiger partial charge is 0.261 e. The second kappa shape index (κ2) is 10.8. The van der Waals surface area contributed by atoms with Crippen LogP contribution < -0.4 is 10.1 Å². The first-order valence-corrected chi connectivity index (χ1v) is 11.0. The van der Waals surface area contributed by atoms with Crippen molar-refractivity contribution in [1.29, 1.82) is 0 Å². The number of carbonyl (C=O) groups excluding carboxylic acids is 2. The Kier molecular flexibility index (Phi) is 8.74. The molecule has 2 amide bonds. The fourth-order valence-electron chi connectivity index (χ4n) is 2.86. The van der Waals surface area contributed by atoms with Gasteiger partial charge >= 0.3 is 0 Å². The minimum Gasteiger partial charge on any atom is -0.483 e. The van der Waals surface area contributed by atoms with Crippen LogP contribution in [0.5, 0.6) is 5.75 Å². The van der Waals surface area contributed by atoms with E-state index in [2.05, 4.69) is 21.2 Å². The molecule has 0 aromatic heterocycles. The van der Waals surface area contributed by atoms with Crippen molar-refractivity contribution < 1.29 is 14.3 Å². The van der Waals surface area contributed by atoms with E-state index in [0.29, 0.717) is 28.2 Å². The van der Waals surface area contributed by atoms with Crippen LogP contribution >= 0.6 is 27.5 Å². The average molecular weight is 496 g/mol. The van der Waals surface area contributed by atoms with Gasteiger partial charge in [-0.05, 0) is 73.8 Å². The minimum absolute atomic E-state index is 0.178. The second-order valence-corrected chi connectivity index (χ2v) is 9.39. The van der Waals surface area contributed by atoms with Crippen molar-refractivity contribution >= 4 is 39.3 Å². The molecular weight excluding hydrogens is 468 g/mol. The molecule has 0 aliphatic carbocycles. The molecule has 2 aromatic rings. The van der Waals surface area contributed by atoms with E-state index in [1.165, 1.54) is 0 Å². The molecule has 0 aliphatic rings. The maximum absolute atomic E-state index is 13.0. The zero-order valence-electron chi connectivity index (χ0n) is 17.7. The molecule has 2 aromatic carbocycles. The van der Waals surface area contributed by atoms with Gasteiger partial charge in [0.25, 0.3) is 5.91 Å². The third-order valence-corrected chi connectivity index (χ3v) is 5.25. The summed E-state index contributed by atoms with van der Waals surface area (Å²) in [6, 6.07) is 14.3. The van der Waals surface area contributed by atoms with Gasteiger partial charge in [0.1, 0.15) is 11.8 Å². The molecule has 7 heteroatoms. The highest BCUT2D eigenvalue weighted by Gasteiger charge is 2.28. The maximum atomic E-state index is 13.0. The summed E-state index contributed by atoms with van der Waals surface area (Å²) in [6.45, 7) is 7.70. The number of nitrogens with one attached hydrogen (secondary N) is 1. The van der Waals surface area contributed by atoms with Gasteiger partial charge in [-0.1, -0.05) is 41.9 Å². The number of halogens is 2. The van der Waals surface area contributed by atoms with Crippen LogP contribution in [0.15, 0.2) is 53.0 Å². The highest BCUT2D eigenvalue weighted by atomic mass is 79.9. The van der Waals surface area contributed by atoms with Crippen LogP contribution in [-0.4, -0.2) is 41.4 Å². The topological polar surface area (TPSA) is 58.6 Å². The van der Waals surface area contributed by atoms with E-state index in [1.54, 1.807) is 30.0 Å². The summed E-state index contributed by atoms with van der Waals surface area (Å²) in [5.74, 6) is 0.0588. The third kappa shape index (κ3) is 7.65. The van der Waals surface area contributed by atoms with Gasteiger partial charge in [0.2, 0.25) is 5.91 Å². The molecular formula is C23H28BrClN2O3. The Morgan fingerprint density at radius 2 is 1.83 bits per heavy atom. The number of rotatable bonds is 8. The fourth-order valence-corrected chi connectivity index (χ4v) is 3.66. The first-order valence-electron chi connectivity index (χ1n) is 9.80. The van der Waals surface area contributed by atoms with Crippen molar-refractivity contribution in [2.45, 2.75) is 45.7 Å². The Morgan fingerprint density at radius 1 is 1.17 bits per heavy atom. The predicted octanol–water partition coefficient (Wildman–Crippen LogP) is 4.86. The van der Waals surface area contributed by atoms with E-state index < -0.39 is 6.04 Å². The number of nitrogens with zero attached hydrogens (tertiary/aromatic N) is 1. The van der Waals surface area contributed by atoms with Crippen LogP contribution in [-0.2, 0) is 16.0 Å². The Bertz CT molecular complexity index is 868. The van der Waals surface area contributed by atoms with E-state index in [-0.39, 0.29) is 24.0 Å². The van der Waals surface area contributed by atoms with Gasteiger partial charge in [0, 0.05) is 17.1 Å². The summed E-state index contributed by atoms with van der Waals surface area (Å²) in [4.78, 5) is 27.3. The van der Waals surface area contributed by atoms with Crippen molar-refractivity contribution in [2.75, 3.05) is 13.2 Å². The standard InChI is InChI=1S/C23H28BrClN2O3/c1-16(22(29)26-23(2,3)4)27(13-12-17-8-6-5-7-9-17)21(28)15-30-20-11-10-18(25)14-19(20)24/h5-11,14,16H,12-13,15H2,1-4H3,(H,26,29). The number of amides is 2. The molecule has 0 radical (unpaired) electrons. The van der Waals surface area contributed by atoms with Gasteiger partial charge in [0.15, 0.2) is 6.61 Å². The molecule has 0 saturated heterocycles. The zero-order chi connectivity index (χ0) is 22.3. The third-order valence-electron chi connectivity index (χ3n) is 4.39. The monoisotopic (exact) mass is 494 g/mol. The lowest BCUT2D eigenvalue weighted by molar-refractivity contribution is -0.142. The molecule has 0 bridgehead atoms.